The minimum Gasteiger partial charge on any atom is -0.505 e. The predicted octanol–water partition coefficient (Wildman–Crippen LogP) is 5.51. The van der Waals surface area contributed by atoms with Crippen LogP contribution in [0.3, 0.4) is 0 Å². The van der Waals surface area contributed by atoms with Crippen molar-refractivity contribution in [3.8, 4) is 5.75 Å². The van der Waals surface area contributed by atoms with Gasteiger partial charge in [0.15, 0.2) is 0 Å². The van der Waals surface area contributed by atoms with Crippen molar-refractivity contribution in [2.45, 2.75) is 13.0 Å². The van der Waals surface area contributed by atoms with E-state index in [2.05, 4.69) is 52.9 Å². The summed E-state index contributed by atoms with van der Waals surface area (Å²) in [6, 6.07) is 20.1. The zero-order valence-corrected chi connectivity index (χ0v) is 14.6. The van der Waals surface area contributed by atoms with Gasteiger partial charge in [-0.3, -0.25) is 4.98 Å². The Bertz CT molecular complexity index is 994. The summed E-state index contributed by atoms with van der Waals surface area (Å²) in [5.41, 5.74) is 3.70. The maximum Gasteiger partial charge on any atom is 0.147 e. The molecule has 0 bridgehead atoms. The lowest BCUT2D eigenvalue weighted by Crippen LogP contribution is -2.11. The van der Waals surface area contributed by atoms with Crippen LogP contribution in [0.25, 0.3) is 10.9 Å². The van der Waals surface area contributed by atoms with Gasteiger partial charge < -0.3 is 10.4 Å². The summed E-state index contributed by atoms with van der Waals surface area (Å²) in [5, 5.41) is 17.4. The molecule has 0 fully saturated rings. The molecule has 1 unspecified atom stereocenters. The number of fused-ring (bicyclic) bond motifs is 1. The fraction of sp³-hybridized carbons (Fsp3) is 0.0952. The van der Waals surface area contributed by atoms with Gasteiger partial charge in [-0.2, -0.15) is 0 Å². The number of nitrogens with zero attached hydrogens (tertiary/aromatic N) is 1. The Morgan fingerprint density at radius 3 is 2.60 bits per heavy atom. The number of nitrogens with one attached hydrogen (secondary N) is 1. The largest absolute Gasteiger partial charge is 0.505 e. The number of thiophene rings is 1. The highest BCUT2D eigenvalue weighted by Crippen LogP contribution is 2.37. The molecular weight excluding hydrogens is 328 g/mol. The fourth-order valence-corrected chi connectivity index (χ4v) is 3.75. The molecule has 2 aromatic carbocycles. The second-order valence-corrected chi connectivity index (χ2v) is 7.02. The molecule has 4 rings (SSSR count). The fourth-order valence-electron chi connectivity index (χ4n) is 2.95. The summed E-state index contributed by atoms with van der Waals surface area (Å²) in [6.45, 7) is 2.07. The summed E-state index contributed by atoms with van der Waals surface area (Å²) in [5.74, 6) is 0.233. The number of anilines is 1. The van der Waals surface area contributed by atoms with E-state index >= 15 is 0 Å². The Labute approximate surface area is 150 Å². The van der Waals surface area contributed by atoms with Crippen LogP contribution in [0, 0.1) is 6.92 Å². The highest BCUT2D eigenvalue weighted by atomic mass is 32.1. The first-order valence-electron chi connectivity index (χ1n) is 8.15. The minimum absolute atomic E-state index is 0.130. The summed E-state index contributed by atoms with van der Waals surface area (Å²) in [7, 11) is 0. The molecular formula is C21H18N2OS. The van der Waals surface area contributed by atoms with Crippen molar-refractivity contribution in [1.29, 1.82) is 0 Å². The lowest BCUT2D eigenvalue weighted by Gasteiger charge is -2.21. The Kier molecular flexibility index (Phi) is 4.12. The van der Waals surface area contributed by atoms with E-state index in [1.54, 1.807) is 17.5 Å². The smallest absolute Gasteiger partial charge is 0.147 e. The van der Waals surface area contributed by atoms with Crippen LogP contribution < -0.4 is 5.32 Å². The van der Waals surface area contributed by atoms with Gasteiger partial charge in [0.1, 0.15) is 11.3 Å². The average Bonchev–Trinajstić information content (AvgIpc) is 3.17. The van der Waals surface area contributed by atoms with Crippen LogP contribution in [0.5, 0.6) is 5.75 Å². The van der Waals surface area contributed by atoms with Crippen molar-refractivity contribution < 1.29 is 5.11 Å². The van der Waals surface area contributed by atoms with Crippen molar-refractivity contribution in [1.82, 2.24) is 4.98 Å². The molecule has 0 saturated heterocycles. The number of hydrogen-bond acceptors (Lipinski definition) is 4. The van der Waals surface area contributed by atoms with E-state index in [0.717, 1.165) is 21.5 Å². The van der Waals surface area contributed by atoms with Crippen LogP contribution in [0.15, 0.2) is 72.2 Å². The highest BCUT2D eigenvalue weighted by Gasteiger charge is 2.20. The molecule has 4 aromatic rings. The molecule has 2 N–H and O–H groups in total. The lowest BCUT2D eigenvalue weighted by molar-refractivity contribution is 0.472. The Hall–Kier alpha value is -2.85. The normalized spacial score (nSPS) is 12.2. The molecule has 0 saturated carbocycles. The Balaban J connectivity index is 1.81. The van der Waals surface area contributed by atoms with Crippen LogP contribution in [-0.4, -0.2) is 10.1 Å². The zero-order valence-electron chi connectivity index (χ0n) is 13.8. The maximum atomic E-state index is 10.8. The third-order valence-electron chi connectivity index (χ3n) is 4.28. The predicted molar refractivity (Wildman–Crippen MR) is 104 cm³/mol. The number of phenolic OH excluding ortho intramolecular Hbond substituents is 1. The molecule has 3 nitrogen and oxygen atoms in total. The first kappa shape index (κ1) is 15.7. The molecule has 1 atom stereocenters. The second-order valence-electron chi connectivity index (χ2n) is 6.04. The number of aromatic hydroxyl groups is 1. The number of phenols is 1. The van der Waals surface area contributed by atoms with Crippen LogP contribution in [-0.2, 0) is 0 Å². The van der Waals surface area contributed by atoms with Crippen molar-refractivity contribution in [2.24, 2.45) is 0 Å². The molecule has 0 aliphatic rings. The standard InChI is InChI=1S/C21H18N2OS/c1-14-6-9-16(10-7-14)23-20(18-5-3-13-25-18)17-11-8-15-4-2-12-22-19(15)21(17)24/h2-13,20,23-24H,1H3. The average molecular weight is 346 g/mol. The van der Waals surface area contributed by atoms with Gasteiger partial charge in [0.05, 0.1) is 6.04 Å². The van der Waals surface area contributed by atoms with Gasteiger partial charge >= 0.3 is 0 Å². The summed E-state index contributed by atoms with van der Waals surface area (Å²) in [4.78, 5) is 5.49. The SMILES string of the molecule is Cc1ccc(NC(c2cccs2)c2ccc3cccnc3c2O)cc1. The summed E-state index contributed by atoms with van der Waals surface area (Å²) < 4.78 is 0. The van der Waals surface area contributed by atoms with Gasteiger partial charge in [-0.05, 0) is 36.6 Å². The molecule has 25 heavy (non-hydrogen) atoms. The van der Waals surface area contributed by atoms with Crippen molar-refractivity contribution in [2.75, 3.05) is 5.32 Å². The van der Waals surface area contributed by atoms with E-state index in [9.17, 15) is 5.11 Å². The monoisotopic (exact) mass is 346 g/mol. The van der Waals surface area contributed by atoms with Gasteiger partial charge in [-0.25, -0.2) is 0 Å². The number of pyridine rings is 1. The third-order valence-corrected chi connectivity index (χ3v) is 5.22. The van der Waals surface area contributed by atoms with E-state index in [0.29, 0.717) is 5.52 Å². The quantitative estimate of drug-likeness (QED) is 0.512. The van der Waals surface area contributed by atoms with Crippen LogP contribution >= 0.6 is 11.3 Å². The van der Waals surface area contributed by atoms with Crippen LogP contribution in [0.1, 0.15) is 22.0 Å². The molecule has 0 radical (unpaired) electrons. The first-order valence-corrected chi connectivity index (χ1v) is 9.03. The van der Waals surface area contributed by atoms with Crippen molar-refractivity contribution >= 4 is 27.9 Å². The summed E-state index contributed by atoms with van der Waals surface area (Å²) in [6.07, 6.45) is 1.71. The van der Waals surface area contributed by atoms with Crippen LogP contribution in [0.4, 0.5) is 5.69 Å². The maximum absolute atomic E-state index is 10.8. The third kappa shape index (κ3) is 3.08. The van der Waals surface area contributed by atoms with E-state index in [1.165, 1.54) is 5.56 Å². The number of rotatable bonds is 4. The molecule has 124 valence electrons. The van der Waals surface area contributed by atoms with E-state index in [1.807, 2.05) is 30.3 Å². The molecule has 0 aliphatic carbocycles. The molecule has 4 heteroatoms. The van der Waals surface area contributed by atoms with Gasteiger partial charge in [0.25, 0.3) is 0 Å². The van der Waals surface area contributed by atoms with E-state index < -0.39 is 0 Å². The Morgan fingerprint density at radius 1 is 1.00 bits per heavy atom. The number of aryl methyl sites for hydroxylation is 1. The topological polar surface area (TPSA) is 45.2 Å². The lowest BCUT2D eigenvalue weighted by atomic mass is 10.0. The van der Waals surface area contributed by atoms with E-state index in [-0.39, 0.29) is 11.8 Å². The zero-order chi connectivity index (χ0) is 17.2. The Morgan fingerprint density at radius 2 is 1.84 bits per heavy atom. The summed E-state index contributed by atoms with van der Waals surface area (Å²) >= 11 is 1.67. The van der Waals surface area contributed by atoms with Gasteiger partial charge in [-0.1, -0.05) is 42.0 Å². The molecule has 2 heterocycles. The van der Waals surface area contributed by atoms with Crippen molar-refractivity contribution in [3.63, 3.8) is 0 Å². The van der Waals surface area contributed by atoms with Gasteiger partial charge in [0, 0.05) is 27.7 Å². The van der Waals surface area contributed by atoms with E-state index in [4.69, 9.17) is 0 Å². The first-order chi connectivity index (χ1) is 12.2. The molecule has 0 aliphatic heterocycles. The molecule has 0 amide bonds. The molecule has 0 spiro atoms. The second kappa shape index (κ2) is 6.57. The minimum atomic E-state index is -0.130. The highest BCUT2D eigenvalue weighted by molar-refractivity contribution is 7.10. The van der Waals surface area contributed by atoms with Gasteiger partial charge in [0.2, 0.25) is 0 Å². The number of hydrogen-bond donors (Lipinski definition) is 2. The van der Waals surface area contributed by atoms with Crippen LogP contribution in [0.2, 0.25) is 0 Å². The van der Waals surface area contributed by atoms with Crippen molar-refractivity contribution in [3.05, 3.63) is 88.2 Å². The number of benzene rings is 2. The van der Waals surface area contributed by atoms with Gasteiger partial charge in [-0.15, -0.1) is 11.3 Å². The molecule has 2 aromatic heterocycles. The number of aromatic nitrogens is 1.